The molecule has 24 heteroatoms. The van der Waals surface area contributed by atoms with E-state index in [2.05, 4.69) is 32.1 Å². The minimum atomic E-state index is -4.97. The molecule has 3 aromatic rings. The first-order valence-electron chi connectivity index (χ1n) is 19.1. The van der Waals surface area contributed by atoms with Crippen molar-refractivity contribution in [3.63, 3.8) is 0 Å². The van der Waals surface area contributed by atoms with Crippen LogP contribution in [0.25, 0.3) is 0 Å². The molecule has 0 saturated heterocycles. The molecule has 3 rings (SSSR count). The van der Waals surface area contributed by atoms with Crippen molar-refractivity contribution in [3.8, 4) is 23.0 Å². The van der Waals surface area contributed by atoms with Gasteiger partial charge in [-0.1, -0.05) is 13.2 Å². The van der Waals surface area contributed by atoms with Crippen molar-refractivity contribution < 1.29 is 111 Å². The number of aliphatic hydroxyl groups excluding tert-OH is 2. The van der Waals surface area contributed by atoms with E-state index in [4.69, 9.17) is 18.9 Å². The van der Waals surface area contributed by atoms with Crippen LogP contribution in [0, 0.1) is 23.3 Å². The zero-order chi connectivity index (χ0) is 49.2. The molecule has 0 aromatic heterocycles. The number of hydrogen-bond donors (Lipinski definition) is 2. The fourth-order valence-electron chi connectivity index (χ4n) is 4.73. The molecule has 362 valence electrons. The molecule has 0 aliphatic rings. The lowest BCUT2D eigenvalue weighted by molar-refractivity contribution is -0.155. The monoisotopic (exact) mass is 958 g/mol. The maximum absolute atomic E-state index is 14.9. The van der Waals surface area contributed by atoms with Crippen molar-refractivity contribution in [3.05, 3.63) is 107 Å². The van der Waals surface area contributed by atoms with E-state index in [0.29, 0.717) is 25.7 Å². The SMILES string of the molecule is C=C(C(=O)OCC(O)COCCCCOc1ccc(C(=O)Oc2c(F)c(F)c(OC(=O)c3ccc(OCCCCOCC(O)COC(=O)C(=C)C(F)(F)F)cc3)c(F)c2F)cc1)C(F)(F)F. The van der Waals surface area contributed by atoms with Crippen molar-refractivity contribution in [2.45, 2.75) is 50.2 Å². The molecule has 0 bridgehead atoms. The largest absolute Gasteiger partial charge is 0.494 e. The van der Waals surface area contributed by atoms with Crippen molar-refractivity contribution in [1.29, 1.82) is 0 Å². The Morgan fingerprint density at radius 3 is 1.11 bits per heavy atom. The van der Waals surface area contributed by atoms with E-state index in [9.17, 15) is 73.3 Å². The molecular formula is C42H40F10O14. The van der Waals surface area contributed by atoms with Crippen LogP contribution in [0.5, 0.6) is 23.0 Å². The fraction of sp³-hybridized carbons (Fsp3) is 0.381. The van der Waals surface area contributed by atoms with Crippen molar-refractivity contribution in [1.82, 2.24) is 0 Å². The van der Waals surface area contributed by atoms with Crippen LogP contribution < -0.4 is 18.9 Å². The number of rotatable bonds is 26. The highest BCUT2D eigenvalue weighted by atomic mass is 19.4. The predicted molar refractivity (Wildman–Crippen MR) is 204 cm³/mol. The second kappa shape index (κ2) is 25.5. The standard InChI is InChI=1S/C42H40F10O14/c1-23(41(47,48)49)37(55)63-21-27(53)19-59-15-3-5-17-61-29-11-7-25(8-12-29)39(57)65-35-31(43)33(45)36(34(46)32(35)44)66-40(58)26-9-13-30(14-10-26)62-18-6-4-16-60-20-28(54)22-64-38(56)24(2)42(50,51)52/h7-14,27-28,53-54H,1-6,15-22H2. The van der Waals surface area contributed by atoms with E-state index in [1.165, 1.54) is 24.3 Å². The summed E-state index contributed by atoms with van der Waals surface area (Å²) in [4.78, 5) is 47.7. The Labute approximate surface area is 368 Å². The van der Waals surface area contributed by atoms with Gasteiger partial charge >= 0.3 is 36.2 Å². The molecule has 2 unspecified atom stereocenters. The van der Waals surface area contributed by atoms with E-state index in [-0.39, 0.29) is 62.3 Å². The highest BCUT2D eigenvalue weighted by Gasteiger charge is 2.39. The van der Waals surface area contributed by atoms with E-state index < -0.39 is 108 Å². The normalized spacial score (nSPS) is 12.4. The van der Waals surface area contributed by atoms with Gasteiger partial charge in [-0.25, -0.2) is 19.2 Å². The summed E-state index contributed by atoms with van der Waals surface area (Å²) in [6.07, 6.45) is -11.2. The smallest absolute Gasteiger partial charge is 0.422 e. The summed E-state index contributed by atoms with van der Waals surface area (Å²) in [6, 6.07) is 9.52. The quantitative estimate of drug-likeness (QED) is 0.0208. The summed E-state index contributed by atoms with van der Waals surface area (Å²) in [6.45, 7) is 3.36. The van der Waals surface area contributed by atoms with Gasteiger partial charge in [0.2, 0.25) is 34.8 Å². The fourth-order valence-corrected chi connectivity index (χ4v) is 4.73. The van der Waals surface area contributed by atoms with E-state index in [0.717, 1.165) is 24.3 Å². The van der Waals surface area contributed by atoms with Crippen LogP contribution >= 0.6 is 0 Å². The van der Waals surface area contributed by atoms with Crippen LogP contribution in [0.3, 0.4) is 0 Å². The zero-order valence-electron chi connectivity index (χ0n) is 34.2. The number of esters is 4. The van der Waals surface area contributed by atoms with Crippen LogP contribution in [0.2, 0.25) is 0 Å². The van der Waals surface area contributed by atoms with Gasteiger partial charge in [-0.2, -0.15) is 43.9 Å². The maximum Gasteiger partial charge on any atom is 0.422 e. The Hall–Kier alpha value is -6.24. The molecule has 66 heavy (non-hydrogen) atoms. The summed E-state index contributed by atoms with van der Waals surface area (Å²) < 4.78 is 173. The number of alkyl halides is 6. The van der Waals surface area contributed by atoms with Gasteiger partial charge in [0.15, 0.2) is 0 Å². The number of benzene rings is 3. The van der Waals surface area contributed by atoms with Crippen LogP contribution in [-0.4, -0.2) is 112 Å². The molecule has 14 nitrogen and oxygen atoms in total. The first-order valence-corrected chi connectivity index (χ1v) is 19.1. The number of aliphatic hydroxyl groups is 2. The summed E-state index contributed by atoms with van der Waals surface area (Å²) in [5.74, 6) is -18.2. The number of unbranched alkanes of at least 4 members (excludes halogenated alkanes) is 2. The lowest BCUT2D eigenvalue weighted by atomic mass is 10.2. The average molecular weight is 959 g/mol. The number of halogens is 10. The molecule has 0 saturated carbocycles. The molecule has 0 aliphatic heterocycles. The summed E-state index contributed by atoms with van der Waals surface area (Å²) >= 11 is 0. The Morgan fingerprint density at radius 2 is 0.803 bits per heavy atom. The third kappa shape index (κ3) is 17.3. The summed E-state index contributed by atoms with van der Waals surface area (Å²) in [5, 5.41) is 19.4. The van der Waals surface area contributed by atoms with Gasteiger partial charge in [-0.05, 0) is 74.2 Å². The lowest BCUT2D eigenvalue weighted by Gasteiger charge is -2.14. The molecule has 0 heterocycles. The third-order valence-corrected chi connectivity index (χ3v) is 8.27. The topological polar surface area (TPSA) is 183 Å². The predicted octanol–water partition coefficient (Wildman–Crippen LogP) is 7.08. The first-order chi connectivity index (χ1) is 31.0. The first kappa shape index (κ1) is 54.1. The van der Waals surface area contributed by atoms with Gasteiger partial charge in [-0.15, -0.1) is 0 Å². The van der Waals surface area contributed by atoms with E-state index >= 15 is 0 Å². The lowest BCUT2D eigenvalue weighted by Crippen LogP contribution is -2.27. The molecule has 0 spiro atoms. The van der Waals surface area contributed by atoms with Crippen LogP contribution in [0.1, 0.15) is 46.4 Å². The molecule has 0 fully saturated rings. The summed E-state index contributed by atoms with van der Waals surface area (Å²) in [7, 11) is 0. The molecule has 2 atom stereocenters. The second-order valence-corrected chi connectivity index (χ2v) is 13.5. The van der Waals surface area contributed by atoms with Gasteiger partial charge in [-0.3, -0.25) is 0 Å². The molecule has 2 N–H and O–H groups in total. The Kier molecular flexibility index (Phi) is 20.9. The molecule has 3 aromatic carbocycles. The van der Waals surface area contributed by atoms with Crippen LogP contribution in [-0.2, 0) is 28.5 Å². The minimum absolute atomic E-state index is 0.0888. The van der Waals surface area contributed by atoms with E-state index in [1.54, 1.807) is 0 Å². The third-order valence-electron chi connectivity index (χ3n) is 8.27. The van der Waals surface area contributed by atoms with Gasteiger partial charge < -0.3 is 48.1 Å². The Morgan fingerprint density at radius 1 is 0.500 bits per heavy atom. The van der Waals surface area contributed by atoms with Gasteiger partial charge in [0.05, 0.1) is 37.6 Å². The highest BCUT2D eigenvalue weighted by Crippen LogP contribution is 2.36. The summed E-state index contributed by atoms with van der Waals surface area (Å²) in [5.41, 5.74) is -4.09. The minimum Gasteiger partial charge on any atom is -0.494 e. The zero-order valence-corrected chi connectivity index (χ0v) is 34.2. The maximum atomic E-state index is 14.9. The van der Waals surface area contributed by atoms with E-state index in [1.807, 2.05) is 0 Å². The number of carbonyl (C=O) groups is 4. The van der Waals surface area contributed by atoms with Gasteiger partial charge in [0.1, 0.15) is 48.1 Å². The highest BCUT2D eigenvalue weighted by molar-refractivity contribution is 5.92. The van der Waals surface area contributed by atoms with Crippen LogP contribution in [0.4, 0.5) is 43.9 Å². The van der Waals surface area contributed by atoms with Gasteiger partial charge in [0.25, 0.3) is 0 Å². The average Bonchev–Trinajstić information content (AvgIpc) is 3.27. The number of ether oxygens (including phenoxy) is 8. The molecule has 0 radical (unpaired) electrons. The molecule has 0 amide bonds. The van der Waals surface area contributed by atoms with Gasteiger partial charge in [0, 0.05) is 13.2 Å². The Balaban J connectivity index is 1.38. The van der Waals surface area contributed by atoms with Crippen molar-refractivity contribution in [2.75, 3.05) is 52.9 Å². The Bertz CT molecular complexity index is 1960. The number of hydrogen-bond acceptors (Lipinski definition) is 14. The number of carbonyl (C=O) groups excluding carboxylic acids is 4. The van der Waals surface area contributed by atoms with Crippen molar-refractivity contribution >= 4 is 23.9 Å². The molecule has 0 aliphatic carbocycles. The molecular weight excluding hydrogens is 918 g/mol. The van der Waals surface area contributed by atoms with Crippen molar-refractivity contribution in [2.24, 2.45) is 0 Å². The van der Waals surface area contributed by atoms with Crippen LogP contribution in [0.15, 0.2) is 72.8 Å². The second-order valence-electron chi connectivity index (χ2n) is 13.5.